The van der Waals surface area contributed by atoms with Gasteiger partial charge in [0.1, 0.15) is 5.75 Å². The van der Waals surface area contributed by atoms with E-state index in [1.54, 1.807) is 19.1 Å². The Hall–Kier alpha value is -1.10. The van der Waals surface area contributed by atoms with Gasteiger partial charge in [0.15, 0.2) is 0 Å². The smallest absolute Gasteiger partial charge is 0.121 e. The highest BCUT2D eigenvalue weighted by Crippen LogP contribution is 2.25. The molecule has 4 heteroatoms. The molecule has 1 rings (SSSR count). The second-order valence-corrected chi connectivity index (χ2v) is 4.81. The van der Waals surface area contributed by atoms with Gasteiger partial charge in [-0.25, -0.2) is 0 Å². The van der Waals surface area contributed by atoms with Gasteiger partial charge in [0.2, 0.25) is 0 Å². The fourth-order valence-electron chi connectivity index (χ4n) is 1.78. The SMILES string of the molecule is CCCCNCC(C)(O)c1ccc(O)c(CO)c1. The quantitative estimate of drug-likeness (QED) is 0.555. The average Bonchev–Trinajstić information content (AvgIpc) is 2.35. The standard InChI is InChI=1S/C14H23NO3/c1-3-4-7-15-10-14(2,18)12-5-6-13(17)11(8-12)9-16/h5-6,8,15-18H,3-4,7,9-10H2,1-2H3. The molecule has 4 nitrogen and oxygen atoms in total. The fourth-order valence-corrected chi connectivity index (χ4v) is 1.78. The van der Waals surface area contributed by atoms with Gasteiger partial charge in [-0.05, 0) is 37.6 Å². The Morgan fingerprint density at radius 3 is 2.67 bits per heavy atom. The Morgan fingerprint density at radius 1 is 1.33 bits per heavy atom. The number of nitrogens with one attached hydrogen (secondary N) is 1. The van der Waals surface area contributed by atoms with Crippen LogP contribution in [0.2, 0.25) is 0 Å². The van der Waals surface area contributed by atoms with Crippen LogP contribution in [0.3, 0.4) is 0 Å². The van der Waals surface area contributed by atoms with Gasteiger partial charge in [-0.3, -0.25) is 0 Å². The van der Waals surface area contributed by atoms with Crippen molar-refractivity contribution in [2.45, 2.75) is 38.9 Å². The summed E-state index contributed by atoms with van der Waals surface area (Å²) in [5.74, 6) is 0.0518. The highest BCUT2D eigenvalue weighted by Gasteiger charge is 2.23. The van der Waals surface area contributed by atoms with E-state index in [1.807, 2.05) is 0 Å². The minimum absolute atomic E-state index is 0.0518. The average molecular weight is 253 g/mol. The van der Waals surface area contributed by atoms with Gasteiger partial charge in [-0.15, -0.1) is 0 Å². The van der Waals surface area contributed by atoms with E-state index < -0.39 is 5.60 Å². The number of phenols is 1. The van der Waals surface area contributed by atoms with E-state index in [1.165, 1.54) is 6.07 Å². The molecule has 0 amide bonds. The molecule has 0 heterocycles. The molecule has 1 aromatic rings. The molecule has 0 radical (unpaired) electrons. The molecule has 0 aromatic heterocycles. The van der Waals surface area contributed by atoms with Crippen molar-refractivity contribution in [2.75, 3.05) is 13.1 Å². The highest BCUT2D eigenvalue weighted by atomic mass is 16.3. The summed E-state index contributed by atoms with van der Waals surface area (Å²) < 4.78 is 0. The lowest BCUT2D eigenvalue weighted by molar-refractivity contribution is 0.0569. The van der Waals surface area contributed by atoms with Crippen LogP contribution in [0.4, 0.5) is 0 Å². The second-order valence-electron chi connectivity index (χ2n) is 4.81. The maximum atomic E-state index is 10.4. The number of aliphatic hydroxyl groups is 2. The zero-order valence-corrected chi connectivity index (χ0v) is 11.1. The summed E-state index contributed by atoms with van der Waals surface area (Å²) in [5.41, 5.74) is 0.112. The normalized spacial score (nSPS) is 14.4. The first-order valence-corrected chi connectivity index (χ1v) is 6.37. The number of rotatable bonds is 7. The lowest BCUT2D eigenvalue weighted by Crippen LogP contribution is -2.35. The molecule has 0 aliphatic rings. The Morgan fingerprint density at radius 2 is 2.06 bits per heavy atom. The van der Waals surface area contributed by atoms with E-state index in [9.17, 15) is 10.2 Å². The van der Waals surface area contributed by atoms with E-state index in [0.717, 1.165) is 19.4 Å². The maximum Gasteiger partial charge on any atom is 0.121 e. The molecule has 0 spiro atoms. The van der Waals surface area contributed by atoms with Gasteiger partial charge in [0, 0.05) is 12.1 Å². The summed E-state index contributed by atoms with van der Waals surface area (Å²) in [6, 6.07) is 4.81. The van der Waals surface area contributed by atoms with E-state index >= 15 is 0 Å². The summed E-state index contributed by atoms with van der Waals surface area (Å²) >= 11 is 0. The van der Waals surface area contributed by atoms with Crippen molar-refractivity contribution in [1.82, 2.24) is 5.32 Å². The van der Waals surface area contributed by atoms with Gasteiger partial charge in [-0.2, -0.15) is 0 Å². The van der Waals surface area contributed by atoms with Crippen molar-refractivity contribution in [3.05, 3.63) is 29.3 Å². The molecule has 102 valence electrons. The van der Waals surface area contributed by atoms with Crippen LogP contribution in [-0.4, -0.2) is 28.4 Å². The van der Waals surface area contributed by atoms with Crippen molar-refractivity contribution in [2.24, 2.45) is 0 Å². The van der Waals surface area contributed by atoms with E-state index in [-0.39, 0.29) is 12.4 Å². The van der Waals surface area contributed by atoms with Crippen LogP contribution >= 0.6 is 0 Å². The zero-order valence-electron chi connectivity index (χ0n) is 11.1. The Bertz CT molecular complexity index is 377. The highest BCUT2D eigenvalue weighted by molar-refractivity contribution is 5.38. The number of aliphatic hydroxyl groups excluding tert-OH is 1. The Kier molecular flexibility index (Phi) is 5.59. The molecule has 1 aromatic carbocycles. The van der Waals surface area contributed by atoms with Crippen LogP contribution in [0.1, 0.15) is 37.8 Å². The molecular weight excluding hydrogens is 230 g/mol. The number of benzene rings is 1. The van der Waals surface area contributed by atoms with Crippen LogP contribution in [-0.2, 0) is 12.2 Å². The molecule has 0 aliphatic heterocycles. The van der Waals surface area contributed by atoms with E-state index in [0.29, 0.717) is 17.7 Å². The molecule has 1 unspecified atom stereocenters. The third kappa shape index (κ3) is 3.98. The summed E-state index contributed by atoms with van der Waals surface area (Å²) in [7, 11) is 0. The number of hydrogen-bond donors (Lipinski definition) is 4. The van der Waals surface area contributed by atoms with Crippen molar-refractivity contribution < 1.29 is 15.3 Å². The van der Waals surface area contributed by atoms with Gasteiger partial charge in [0.25, 0.3) is 0 Å². The lowest BCUT2D eigenvalue weighted by Gasteiger charge is -2.25. The van der Waals surface area contributed by atoms with Crippen molar-refractivity contribution in [1.29, 1.82) is 0 Å². The Labute approximate surface area is 108 Å². The molecule has 1 atom stereocenters. The molecule has 18 heavy (non-hydrogen) atoms. The number of unbranched alkanes of at least 4 members (excludes halogenated alkanes) is 1. The minimum atomic E-state index is -1.01. The van der Waals surface area contributed by atoms with Gasteiger partial charge in [-0.1, -0.05) is 19.4 Å². The fraction of sp³-hybridized carbons (Fsp3) is 0.571. The van der Waals surface area contributed by atoms with Crippen LogP contribution < -0.4 is 5.32 Å². The summed E-state index contributed by atoms with van der Waals surface area (Å²) in [6.07, 6.45) is 2.19. The summed E-state index contributed by atoms with van der Waals surface area (Å²) in [4.78, 5) is 0. The first-order chi connectivity index (χ1) is 8.51. The summed E-state index contributed by atoms with van der Waals surface area (Å²) in [5, 5.41) is 32.2. The van der Waals surface area contributed by atoms with Gasteiger partial charge >= 0.3 is 0 Å². The van der Waals surface area contributed by atoms with Crippen molar-refractivity contribution in [3.63, 3.8) is 0 Å². The monoisotopic (exact) mass is 253 g/mol. The van der Waals surface area contributed by atoms with Crippen LogP contribution in [0.25, 0.3) is 0 Å². The number of aromatic hydroxyl groups is 1. The van der Waals surface area contributed by atoms with Crippen LogP contribution in [0, 0.1) is 0 Å². The largest absolute Gasteiger partial charge is 0.508 e. The van der Waals surface area contributed by atoms with Gasteiger partial charge in [0.05, 0.1) is 12.2 Å². The Balaban J connectivity index is 2.71. The van der Waals surface area contributed by atoms with Crippen molar-refractivity contribution in [3.8, 4) is 5.75 Å². The molecule has 0 aliphatic carbocycles. The van der Waals surface area contributed by atoms with Gasteiger partial charge < -0.3 is 20.6 Å². The predicted molar refractivity (Wildman–Crippen MR) is 71.4 cm³/mol. The third-order valence-corrected chi connectivity index (χ3v) is 3.05. The lowest BCUT2D eigenvalue weighted by atomic mass is 9.94. The van der Waals surface area contributed by atoms with E-state index in [2.05, 4.69) is 12.2 Å². The molecule has 0 saturated carbocycles. The van der Waals surface area contributed by atoms with Crippen LogP contribution in [0.15, 0.2) is 18.2 Å². The second kappa shape index (κ2) is 6.73. The molecule has 0 bridgehead atoms. The topological polar surface area (TPSA) is 72.7 Å². The third-order valence-electron chi connectivity index (χ3n) is 3.05. The maximum absolute atomic E-state index is 10.4. The predicted octanol–water partition coefficient (Wildman–Crippen LogP) is 1.48. The molecule has 0 saturated heterocycles. The first kappa shape index (κ1) is 15.0. The molecule has 0 fully saturated rings. The first-order valence-electron chi connectivity index (χ1n) is 6.37. The minimum Gasteiger partial charge on any atom is -0.508 e. The van der Waals surface area contributed by atoms with Crippen molar-refractivity contribution >= 4 is 0 Å². The van der Waals surface area contributed by atoms with Crippen LogP contribution in [0.5, 0.6) is 5.75 Å². The number of hydrogen-bond acceptors (Lipinski definition) is 4. The molecule has 4 N–H and O–H groups in total. The zero-order chi connectivity index (χ0) is 13.6. The van der Waals surface area contributed by atoms with E-state index in [4.69, 9.17) is 5.11 Å². The molecular formula is C14H23NO3. The summed E-state index contributed by atoms with van der Waals surface area (Å²) in [6.45, 7) is 4.92.